The summed E-state index contributed by atoms with van der Waals surface area (Å²) in [4.78, 5) is 20.9. The molecular weight excluding hydrogens is 516 g/mol. The molecule has 1 aromatic heterocycles. The standard InChI is InChI=1S/C33H34N4O2S/c34-22-25-10-12-26(13-11-25)24-39-30(27-7-5-8-29(20-27)36-14-3-4-15-36)23-35-16-18-37(19-17-35)33(38)32-21-28-6-1-2-9-31(28)40-32/h1-2,5-13,20-21,30H,3-4,14-19,23-24H2/t30-/m0/s1. The quantitative estimate of drug-likeness (QED) is 0.266. The highest BCUT2D eigenvalue weighted by molar-refractivity contribution is 7.20. The minimum atomic E-state index is -0.0944. The fraction of sp³-hybridized carbons (Fsp3) is 0.333. The molecule has 2 aliphatic rings. The van der Waals surface area contributed by atoms with Crippen molar-refractivity contribution in [3.05, 3.63) is 100 Å². The fourth-order valence-electron chi connectivity index (χ4n) is 5.63. The van der Waals surface area contributed by atoms with Crippen molar-refractivity contribution in [3.8, 4) is 6.07 Å². The van der Waals surface area contributed by atoms with Crippen molar-refractivity contribution in [2.45, 2.75) is 25.6 Å². The van der Waals surface area contributed by atoms with Crippen molar-refractivity contribution in [2.75, 3.05) is 50.7 Å². The van der Waals surface area contributed by atoms with Gasteiger partial charge in [-0.2, -0.15) is 5.26 Å². The topological polar surface area (TPSA) is 59.8 Å². The van der Waals surface area contributed by atoms with Gasteiger partial charge in [0.2, 0.25) is 0 Å². The lowest BCUT2D eigenvalue weighted by atomic mass is 10.1. The predicted molar refractivity (Wildman–Crippen MR) is 161 cm³/mol. The lowest BCUT2D eigenvalue weighted by molar-refractivity contribution is 0.00349. The average Bonchev–Trinajstić information content (AvgIpc) is 3.70. The van der Waals surface area contributed by atoms with Gasteiger partial charge in [0.05, 0.1) is 29.2 Å². The second-order valence-corrected chi connectivity index (χ2v) is 11.7. The molecular formula is C33H34N4O2S. The molecule has 6 nitrogen and oxygen atoms in total. The Morgan fingerprint density at radius 1 is 0.900 bits per heavy atom. The molecule has 0 N–H and O–H groups in total. The Morgan fingerprint density at radius 3 is 2.42 bits per heavy atom. The number of thiophene rings is 1. The molecule has 0 radical (unpaired) electrons. The third kappa shape index (κ3) is 6.05. The second kappa shape index (κ2) is 12.2. The van der Waals surface area contributed by atoms with Crippen LogP contribution in [0, 0.1) is 11.3 Å². The zero-order valence-electron chi connectivity index (χ0n) is 22.7. The van der Waals surface area contributed by atoms with Gasteiger partial charge in [0.25, 0.3) is 5.91 Å². The minimum absolute atomic E-state index is 0.0944. The van der Waals surface area contributed by atoms with Crippen LogP contribution in [-0.4, -0.2) is 61.5 Å². The van der Waals surface area contributed by atoms with E-state index in [1.165, 1.54) is 24.1 Å². The Hall–Kier alpha value is -3.70. The summed E-state index contributed by atoms with van der Waals surface area (Å²) in [6, 6.07) is 28.8. The van der Waals surface area contributed by atoms with Crippen LogP contribution in [0.25, 0.3) is 10.1 Å². The van der Waals surface area contributed by atoms with Gasteiger partial charge in [-0.15, -0.1) is 11.3 Å². The van der Waals surface area contributed by atoms with E-state index in [1.807, 2.05) is 47.4 Å². The van der Waals surface area contributed by atoms with Gasteiger partial charge in [-0.3, -0.25) is 9.69 Å². The molecule has 40 heavy (non-hydrogen) atoms. The van der Waals surface area contributed by atoms with Crippen molar-refractivity contribution in [3.63, 3.8) is 0 Å². The number of benzene rings is 3. The summed E-state index contributed by atoms with van der Waals surface area (Å²) in [5.74, 6) is 0.132. The summed E-state index contributed by atoms with van der Waals surface area (Å²) in [6.45, 7) is 6.52. The van der Waals surface area contributed by atoms with E-state index in [9.17, 15) is 4.79 Å². The number of anilines is 1. The van der Waals surface area contributed by atoms with Crippen LogP contribution in [0.5, 0.6) is 0 Å². The van der Waals surface area contributed by atoms with E-state index in [4.69, 9.17) is 10.00 Å². The van der Waals surface area contributed by atoms with Gasteiger partial charge in [-0.05, 0) is 65.8 Å². The lowest BCUT2D eigenvalue weighted by Gasteiger charge is -2.36. The predicted octanol–water partition coefficient (Wildman–Crippen LogP) is 6.09. The van der Waals surface area contributed by atoms with Gasteiger partial charge in [0.1, 0.15) is 0 Å². The molecule has 0 aliphatic carbocycles. The van der Waals surface area contributed by atoms with Gasteiger partial charge in [0, 0.05) is 56.2 Å². The number of fused-ring (bicyclic) bond motifs is 1. The zero-order valence-corrected chi connectivity index (χ0v) is 23.5. The normalized spacial score (nSPS) is 16.8. The molecule has 204 valence electrons. The monoisotopic (exact) mass is 550 g/mol. The zero-order chi connectivity index (χ0) is 27.3. The summed E-state index contributed by atoms with van der Waals surface area (Å²) in [6.07, 6.45) is 2.39. The largest absolute Gasteiger partial charge is 0.372 e. The first kappa shape index (κ1) is 26.5. The number of hydrogen-bond acceptors (Lipinski definition) is 6. The second-order valence-electron chi connectivity index (χ2n) is 10.6. The van der Waals surface area contributed by atoms with E-state index in [1.54, 1.807) is 11.3 Å². The number of hydrogen-bond donors (Lipinski definition) is 0. The maximum atomic E-state index is 13.3. The third-order valence-electron chi connectivity index (χ3n) is 7.97. The van der Waals surface area contributed by atoms with Crippen molar-refractivity contribution in [1.82, 2.24) is 9.80 Å². The number of rotatable bonds is 8. The molecule has 0 unspecified atom stereocenters. The summed E-state index contributed by atoms with van der Waals surface area (Å²) in [7, 11) is 0. The Morgan fingerprint density at radius 2 is 1.68 bits per heavy atom. The molecule has 2 saturated heterocycles. The van der Waals surface area contributed by atoms with Crippen LogP contribution in [0.15, 0.2) is 78.9 Å². The summed E-state index contributed by atoms with van der Waals surface area (Å²) < 4.78 is 7.72. The van der Waals surface area contributed by atoms with Gasteiger partial charge in [-0.1, -0.05) is 42.5 Å². The smallest absolute Gasteiger partial charge is 0.264 e. The lowest BCUT2D eigenvalue weighted by Crippen LogP contribution is -2.49. The van der Waals surface area contributed by atoms with Crippen molar-refractivity contribution < 1.29 is 9.53 Å². The maximum absolute atomic E-state index is 13.3. The third-order valence-corrected chi connectivity index (χ3v) is 9.07. The molecule has 2 aliphatic heterocycles. The molecule has 1 amide bonds. The number of ether oxygens (including phenoxy) is 1. The highest BCUT2D eigenvalue weighted by Gasteiger charge is 2.26. The molecule has 0 bridgehead atoms. The molecule has 3 heterocycles. The highest BCUT2D eigenvalue weighted by Crippen LogP contribution is 2.29. The van der Waals surface area contributed by atoms with Crippen molar-refractivity contribution >= 4 is 33.0 Å². The molecule has 2 fully saturated rings. The van der Waals surface area contributed by atoms with Gasteiger partial charge in [0.15, 0.2) is 0 Å². The van der Waals surface area contributed by atoms with Crippen molar-refractivity contribution in [1.29, 1.82) is 5.26 Å². The van der Waals surface area contributed by atoms with Gasteiger partial charge < -0.3 is 14.5 Å². The number of amides is 1. The van der Waals surface area contributed by atoms with E-state index >= 15 is 0 Å². The number of nitriles is 1. The molecule has 3 aromatic carbocycles. The van der Waals surface area contributed by atoms with Crippen LogP contribution in [0.4, 0.5) is 5.69 Å². The molecule has 1 atom stereocenters. The van der Waals surface area contributed by atoms with E-state index in [2.05, 4.69) is 52.3 Å². The molecule has 7 heteroatoms. The number of nitrogens with zero attached hydrogens (tertiary/aromatic N) is 4. The minimum Gasteiger partial charge on any atom is -0.372 e. The van der Waals surface area contributed by atoms with Crippen LogP contribution >= 0.6 is 11.3 Å². The summed E-state index contributed by atoms with van der Waals surface area (Å²) in [5, 5.41) is 10.3. The van der Waals surface area contributed by atoms with Crippen LogP contribution in [0.3, 0.4) is 0 Å². The molecule has 4 aromatic rings. The molecule has 0 spiro atoms. The van der Waals surface area contributed by atoms with E-state index < -0.39 is 0 Å². The Bertz CT molecular complexity index is 1460. The van der Waals surface area contributed by atoms with E-state index in [-0.39, 0.29) is 12.0 Å². The van der Waals surface area contributed by atoms with E-state index in [0.29, 0.717) is 25.3 Å². The Kier molecular flexibility index (Phi) is 8.10. The number of piperazine rings is 1. The Balaban J connectivity index is 1.13. The molecule has 6 rings (SSSR count). The first-order chi connectivity index (χ1) is 19.7. The first-order valence-electron chi connectivity index (χ1n) is 14.1. The fourth-order valence-corrected chi connectivity index (χ4v) is 6.67. The average molecular weight is 551 g/mol. The summed E-state index contributed by atoms with van der Waals surface area (Å²) >= 11 is 1.58. The highest BCUT2D eigenvalue weighted by atomic mass is 32.1. The SMILES string of the molecule is N#Cc1ccc(CO[C@@H](CN2CCN(C(=O)c3cc4ccccc4s3)CC2)c2cccc(N3CCCC3)c2)cc1. The van der Waals surface area contributed by atoms with Gasteiger partial charge >= 0.3 is 0 Å². The number of carbonyl (C=O) groups is 1. The maximum Gasteiger partial charge on any atom is 0.264 e. The Labute approximate surface area is 240 Å². The van der Waals surface area contributed by atoms with Crippen LogP contribution in [-0.2, 0) is 11.3 Å². The van der Waals surface area contributed by atoms with Crippen molar-refractivity contribution in [2.24, 2.45) is 0 Å². The molecule has 0 saturated carbocycles. The van der Waals surface area contributed by atoms with E-state index in [0.717, 1.165) is 53.3 Å². The van der Waals surface area contributed by atoms with Crippen LogP contribution in [0.2, 0.25) is 0 Å². The van der Waals surface area contributed by atoms with Crippen LogP contribution < -0.4 is 4.90 Å². The van der Waals surface area contributed by atoms with Gasteiger partial charge in [-0.25, -0.2) is 0 Å². The summed E-state index contributed by atoms with van der Waals surface area (Å²) in [5.41, 5.74) is 4.16. The van der Waals surface area contributed by atoms with Crippen LogP contribution in [0.1, 0.15) is 45.3 Å². The number of carbonyl (C=O) groups excluding carboxylic acids is 1. The first-order valence-corrected chi connectivity index (χ1v) is 14.9.